The Balaban J connectivity index is 1.67. The lowest BCUT2D eigenvalue weighted by molar-refractivity contribution is -0.141. The number of primary amides is 1. The van der Waals surface area contributed by atoms with Crippen LogP contribution in [0.25, 0.3) is 0 Å². The molecule has 0 spiro atoms. The normalized spacial score (nSPS) is 12.3. The van der Waals surface area contributed by atoms with E-state index in [1.165, 1.54) is 0 Å². The first-order valence-electron chi connectivity index (χ1n) is 15.4. The molecular formula is C30H40N10O11. The smallest absolute Gasteiger partial charge is 0.312 e. The van der Waals surface area contributed by atoms with Crippen LogP contribution in [-0.4, -0.2) is 123 Å². The third-order valence-electron chi connectivity index (χ3n) is 6.59. The van der Waals surface area contributed by atoms with Gasteiger partial charge < -0.3 is 53.0 Å². The average Bonchev–Trinajstić information content (AvgIpc) is 3.41. The molecule has 1 atom stereocenters. The Morgan fingerprint density at radius 2 is 1.16 bits per heavy atom. The van der Waals surface area contributed by atoms with E-state index in [1.807, 2.05) is 0 Å². The fraction of sp³-hybridized carbons (Fsp3) is 0.400. The first-order valence-corrected chi connectivity index (χ1v) is 15.4. The lowest BCUT2D eigenvalue weighted by Gasteiger charge is -2.19. The molecule has 0 aliphatic carbocycles. The van der Waals surface area contributed by atoms with Crippen molar-refractivity contribution < 1.29 is 52.7 Å². The molecule has 0 radical (unpaired) electrons. The van der Waals surface area contributed by atoms with Crippen LogP contribution < -0.4 is 48.3 Å². The topological polar surface area (TPSA) is 305 Å². The van der Waals surface area contributed by atoms with Gasteiger partial charge in [0, 0.05) is 31.5 Å². The highest BCUT2D eigenvalue weighted by Crippen LogP contribution is 2.11. The Kier molecular flexibility index (Phi) is 17.2. The van der Waals surface area contributed by atoms with E-state index < -0.39 is 105 Å². The Hall–Kier alpha value is -6.38. The highest BCUT2D eigenvalue weighted by molar-refractivity contribution is 6.14. The quantitative estimate of drug-likeness (QED) is 0.0430. The van der Waals surface area contributed by atoms with Crippen molar-refractivity contribution in [2.75, 3.05) is 58.2 Å². The predicted octanol–water partition coefficient (Wildman–Crippen LogP) is -4.79. The van der Waals surface area contributed by atoms with Crippen LogP contribution >= 0.6 is 0 Å². The number of ether oxygens (including phenoxy) is 1. The summed E-state index contributed by atoms with van der Waals surface area (Å²) >= 11 is 0. The second-order valence-electron chi connectivity index (χ2n) is 10.7. The van der Waals surface area contributed by atoms with Gasteiger partial charge in [-0.2, -0.15) is 0 Å². The number of nitrogens with zero attached hydrogens (tertiary/aromatic N) is 1. The van der Waals surface area contributed by atoms with E-state index in [2.05, 4.69) is 42.5 Å². The van der Waals surface area contributed by atoms with E-state index in [-0.39, 0.29) is 13.0 Å². The summed E-state index contributed by atoms with van der Waals surface area (Å²) in [5.74, 6) is -6.41. The van der Waals surface area contributed by atoms with Crippen LogP contribution in [0.3, 0.4) is 0 Å². The SMILES string of the molecule is COCc1ccc(NC(=O)C(CCCNC(N)=O)NC(=O)CNC(=O)CNC(=O)CNC(=O)CNC(=O)CNC(=O)CN2C(=O)C=CC2=O)cc1. The second-order valence-corrected chi connectivity index (χ2v) is 10.7. The molecule has 1 aliphatic heterocycles. The number of hydrogen-bond acceptors (Lipinski definition) is 11. The van der Waals surface area contributed by atoms with E-state index in [0.717, 1.165) is 17.7 Å². The summed E-state index contributed by atoms with van der Waals surface area (Å²) in [7, 11) is 1.55. The van der Waals surface area contributed by atoms with Crippen molar-refractivity contribution in [2.45, 2.75) is 25.5 Å². The van der Waals surface area contributed by atoms with Crippen LogP contribution in [0.5, 0.6) is 0 Å². The molecule has 1 heterocycles. The van der Waals surface area contributed by atoms with Gasteiger partial charge in [-0.25, -0.2) is 4.79 Å². The van der Waals surface area contributed by atoms with Crippen molar-refractivity contribution in [1.29, 1.82) is 0 Å². The monoisotopic (exact) mass is 716 g/mol. The zero-order chi connectivity index (χ0) is 37.8. The summed E-state index contributed by atoms with van der Waals surface area (Å²) < 4.78 is 5.06. The summed E-state index contributed by atoms with van der Waals surface area (Å²) in [6.45, 7) is -2.78. The highest BCUT2D eigenvalue weighted by Gasteiger charge is 2.26. The third kappa shape index (κ3) is 16.5. The Morgan fingerprint density at radius 3 is 1.63 bits per heavy atom. The van der Waals surface area contributed by atoms with Crippen molar-refractivity contribution in [1.82, 2.24) is 42.1 Å². The van der Waals surface area contributed by atoms with Gasteiger partial charge in [-0.05, 0) is 30.5 Å². The van der Waals surface area contributed by atoms with Crippen LogP contribution in [0.2, 0.25) is 0 Å². The zero-order valence-electron chi connectivity index (χ0n) is 27.6. The second kappa shape index (κ2) is 21.6. The van der Waals surface area contributed by atoms with Gasteiger partial charge in [0.15, 0.2) is 0 Å². The number of rotatable bonds is 21. The molecule has 1 aliphatic rings. The molecule has 0 bridgehead atoms. The fourth-order valence-electron chi connectivity index (χ4n) is 4.04. The number of amides is 11. The highest BCUT2D eigenvalue weighted by atomic mass is 16.5. The summed E-state index contributed by atoms with van der Waals surface area (Å²) in [6, 6.07) is 5.05. The van der Waals surface area contributed by atoms with E-state index in [0.29, 0.717) is 23.6 Å². The summed E-state index contributed by atoms with van der Waals surface area (Å²) in [5.41, 5.74) is 6.40. The Bertz CT molecular complexity index is 1500. The molecule has 11 amide bonds. The van der Waals surface area contributed by atoms with Crippen molar-refractivity contribution in [3.05, 3.63) is 42.0 Å². The lowest BCUT2D eigenvalue weighted by atomic mass is 10.1. The molecule has 10 N–H and O–H groups in total. The largest absolute Gasteiger partial charge is 0.380 e. The Labute approximate surface area is 291 Å². The minimum Gasteiger partial charge on any atom is -0.380 e. The van der Waals surface area contributed by atoms with Crippen molar-refractivity contribution >= 4 is 64.9 Å². The van der Waals surface area contributed by atoms with Gasteiger partial charge in [-0.1, -0.05) is 12.1 Å². The number of carbonyl (C=O) groups excluding carboxylic acids is 10. The molecule has 0 saturated carbocycles. The van der Waals surface area contributed by atoms with E-state index in [4.69, 9.17) is 10.5 Å². The number of carbonyl (C=O) groups is 10. The van der Waals surface area contributed by atoms with Crippen LogP contribution in [0.15, 0.2) is 36.4 Å². The summed E-state index contributed by atoms with van der Waals surface area (Å²) in [5, 5.41) is 18.7. The maximum atomic E-state index is 12.9. The van der Waals surface area contributed by atoms with Crippen LogP contribution in [-0.2, 0) is 54.5 Å². The molecule has 1 aromatic rings. The van der Waals surface area contributed by atoms with Crippen LogP contribution in [0.4, 0.5) is 10.5 Å². The molecule has 21 nitrogen and oxygen atoms in total. The Morgan fingerprint density at radius 1 is 0.686 bits per heavy atom. The molecule has 21 heteroatoms. The number of nitrogens with two attached hydrogens (primary N) is 1. The number of imide groups is 1. The first-order chi connectivity index (χ1) is 24.3. The van der Waals surface area contributed by atoms with Gasteiger partial charge in [-0.15, -0.1) is 0 Å². The number of methoxy groups -OCH3 is 1. The van der Waals surface area contributed by atoms with Gasteiger partial charge in [0.1, 0.15) is 12.6 Å². The number of anilines is 1. The van der Waals surface area contributed by atoms with Gasteiger partial charge in [-0.3, -0.25) is 48.1 Å². The first kappa shape index (κ1) is 40.8. The number of urea groups is 1. The van der Waals surface area contributed by atoms with Crippen molar-refractivity contribution in [2.24, 2.45) is 5.73 Å². The molecule has 0 fully saturated rings. The summed E-state index contributed by atoms with van der Waals surface area (Å²) in [4.78, 5) is 120. The predicted molar refractivity (Wildman–Crippen MR) is 175 cm³/mol. The summed E-state index contributed by atoms with van der Waals surface area (Å²) in [6.07, 6.45) is 2.42. The van der Waals surface area contributed by atoms with Crippen molar-refractivity contribution in [3.8, 4) is 0 Å². The molecule has 1 aromatic carbocycles. The van der Waals surface area contributed by atoms with Crippen LogP contribution in [0.1, 0.15) is 18.4 Å². The molecule has 0 aromatic heterocycles. The maximum absolute atomic E-state index is 12.9. The minimum atomic E-state index is -1.04. The zero-order valence-corrected chi connectivity index (χ0v) is 27.6. The maximum Gasteiger partial charge on any atom is 0.312 e. The van der Waals surface area contributed by atoms with Crippen molar-refractivity contribution in [3.63, 3.8) is 0 Å². The molecule has 2 rings (SSSR count). The molecule has 276 valence electrons. The molecule has 0 saturated heterocycles. The third-order valence-corrected chi connectivity index (χ3v) is 6.59. The number of benzene rings is 1. The van der Waals surface area contributed by atoms with Crippen LogP contribution in [0, 0.1) is 0 Å². The van der Waals surface area contributed by atoms with Gasteiger partial charge >= 0.3 is 6.03 Å². The van der Waals surface area contributed by atoms with E-state index >= 15 is 0 Å². The van der Waals surface area contributed by atoms with Gasteiger partial charge in [0.25, 0.3) is 11.8 Å². The fourth-order valence-corrected chi connectivity index (χ4v) is 4.04. The lowest BCUT2D eigenvalue weighted by Crippen LogP contribution is -2.49. The molecule has 1 unspecified atom stereocenters. The van der Waals surface area contributed by atoms with Gasteiger partial charge in [0.05, 0.1) is 39.3 Å². The van der Waals surface area contributed by atoms with E-state index in [9.17, 15) is 47.9 Å². The average molecular weight is 717 g/mol. The van der Waals surface area contributed by atoms with E-state index in [1.54, 1.807) is 31.4 Å². The minimum absolute atomic E-state index is 0.124. The number of nitrogens with one attached hydrogen (secondary N) is 8. The molecular weight excluding hydrogens is 676 g/mol. The molecule has 51 heavy (non-hydrogen) atoms. The van der Waals surface area contributed by atoms with Gasteiger partial charge in [0.2, 0.25) is 41.4 Å². The standard InChI is InChI=1S/C30H40N10O11/c1-51-17-18-4-6-19(7-5-18)38-29(49)20(3-2-10-32-30(31)50)39-25(45)15-36-23(43)13-34-21(41)11-33-22(42)12-35-24(44)14-37-26(46)16-40-27(47)8-9-28(40)48/h4-9,20H,2-3,10-17H2,1H3,(H,33,42)(H,34,41)(H,35,44)(H,36,43)(H,37,46)(H,38,49)(H,39,45)(H3,31,32,50). The number of hydrogen-bond donors (Lipinski definition) is 9.